The van der Waals surface area contributed by atoms with Crippen molar-refractivity contribution in [3.63, 3.8) is 0 Å². The quantitative estimate of drug-likeness (QED) is 0.881. The van der Waals surface area contributed by atoms with Crippen LogP contribution >= 0.6 is 11.6 Å². The second-order valence-corrected chi connectivity index (χ2v) is 4.19. The lowest BCUT2D eigenvalue weighted by atomic mass is 9.98. The van der Waals surface area contributed by atoms with E-state index < -0.39 is 17.5 Å². The lowest BCUT2D eigenvalue weighted by Crippen LogP contribution is -2.01. The molecule has 0 heterocycles. The average molecular weight is 272 g/mol. The molecule has 0 radical (unpaired) electrons. The van der Waals surface area contributed by atoms with Crippen LogP contribution in [0, 0.1) is 17.5 Å². The summed E-state index contributed by atoms with van der Waals surface area (Å²) in [4.78, 5) is 0. The van der Waals surface area contributed by atoms with Crippen LogP contribution in [0.25, 0.3) is 11.1 Å². The van der Waals surface area contributed by atoms with Gasteiger partial charge >= 0.3 is 0 Å². The molecule has 5 heteroatoms. The Labute approximate surface area is 107 Å². The van der Waals surface area contributed by atoms with Gasteiger partial charge < -0.3 is 5.73 Å². The molecule has 0 aliphatic rings. The molecule has 2 aromatic carbocycles. The Morgan fingerprint density at radius 2 is 1.61 bits per heavy atom. The molecule has 0 fully saturated rings. The number of nitrogens with two attached hydrogens (primary N) is 1. The van der Waals surface area contributed by atoms with Crippen molar-refractivity contribution >= 4 is 11.6 Å². The predicted molar refractivity (Wildman–Crippen MR) is 64.7 cm³/mol. The van der Waals surface area contributed by atoms with Gasteiger partial charge in [-0.15, -0.1) is 0 Å². The molecule has 94 valence electrons. The van der Waals surface area contributed by atoms with E-state index in [0.29, 0.717) is 22.7 Å². The maximum absolute atomic E-state index is 13.7. The highest BCUT2D eigenvalue weighted by Crippen LogP contribution is 2.31. The molecule has 0 amide bonds. The van der Waals surface area contributed by atoms with Crippen molar-refractivity contribution in [1.29, 1.82) is 0 Å². The zero-order chi connectivity index (χ0) is 13.3. The van der Waals surface area contributed by atoms with Gasteiger partial charge in [0.15, 0.2) is 0 Å². The number of hydrogen-bond acceptors (Lipinski definition) is 1. The van der Waals surface area contributed by atoms with Crippen LogP contribution in [0.2, 0.25) is 5.02 Å². The van der Waals surface area contributed by atoms with Crippen molar-refractivity contribution < 1.29 is 13.2 Å². The fraction of sp³-hybridized carbons (Fsp3) is 0.0769. The molecule has 0 spiro atoms. The smallest absolute Gasteiger partial charge is 0.136 e. The van der Waals surface area contributed by atoms with E-state index in [4.69, 9.17) is 17.3 Å². The van der Waals surface area contributed by atoms with Gasteiger partial charge in [0.05, 0.1) is 5.56 Å². The number of benzene rings is 2. The molecule has 2 aromatic rings. The van der Waals surface area contributed by atoms with Gasteiger partial charge in [0, 0.05) is 23.7 Å². The highest BCUT2D eigenvalue weighted by molar-refractivity contribution is 6.30. The van der Waals surface area contributed by atoms with Crippen LogP contribution < -0.4 is 5.73 Å². The monoisotopic (exact) mass is 271 g/mol. The number of hydrogen-bond donors (Lipinski definition) is 1. The van der Waals surface area contributed by atoms with Crippen molar-refractivity contribution in [2.24, 2.45) is 5.73 Å². The first kappa shape index (κ1) is 12.9. The molecule has 0 unspecified atom stereocenters. The van der Waals surface area contributed by atoms with Gasteiger partial charge in [-0.25, -0.2) is 13.2 Å². The zero-order valence-corrected chi connectivity index (χ0v) is 9.94. The van der Waals surface area contributed by atoms with Gasteiger partial charge in [0.1, 0.15) is 17.5 Å². The Balaban J connectivity index is 2.72. The summed E-state index contributed by atoms with van der Waals surface area (Å²) in [7, 11) is 0. The van der Waals surface area contributed by atoms with E-state index in [1.165, 1.54) is 6.07 Å². The van der Waals surface area contributed by atoms with E-state index in [1.807, 2.05) is 0 Å². The summed E-state index contributed by atoms with van der Waals surface area (Å²) in [5, 5.41) is 0.324. The second kappa shape index (κ2) is 5.00. The lowest BCUT2D eigenvalue weighted by Gasteiger charge is -2.11. The molecule has 1 nitrogen and oxygen atoms in total. The highest BCUT2D eigenvalue weighted by Gasteiger charge is 2.16. The van der Waals surface area contributed by atoms with Crippen molar-refractivity contribution in [3.05, 3.63) is 58.4 Å². The van der Waals surface area contributed by atoms with E-state index in [1.54, 1.807) is 12.1 Å². The standard InChI is InChI=1S/C13H9ClF3N/c14-8-2-1-7(6-18)10(3-8)13-11(16)4-9(15)5-12(13)17/h1-5H,6,18H2. The van der Waals surface area contributed by atoms with Crippen LogP contribution in [0.5, 0.6) is 0 Å². The van der Waals surface area contributed by atoms with Gasteiger partial charge in [0.2, 0.25) is 0 Å². The third-order valence-corrected chi connectivity index (χ3v) is 2.80. The van der Waals surface area contributed by atoms with Gasteiger partial charge in [-0.2, -0.15) is 0 Å². The molecular weight excluding hydrogens is 263 g/mol. The van der Waals surface area contributed by atoms with E-state index in [0.717, 1.165) is 0 Å². The molecule has 2 rings (SSSR count). The van der Waals surface area contributed by atoms with Crippen molar-refractivity contribution in [1.82, 2.24) is 0 Å². The SMILES string of the molecule is NCc1ccc(Cl)cc1-c1c(F)cc(F)cc1F. The van der Waals surface area contributed by atoms with Crippen molar-refractivity contribution in [3.8, 4) is 11.1 Å². The summed E-state index contributed by atoms with van der Waals surface area (Å²) in [6.45, 7) is 0.1000. The van der Waals surface area contributed by atoms with E-state index >= 15 is 0 Å². The summed E-state index contributed by atoms with van der Waals surface area (Å²) in [6, 6.07) is 5.81. The van der Waals surface area contributed by atoms with Gasteiger partial charge in [0.25, 0.3) is 0 Å². The van der Waals surface area contributed by atoms with E-state index in [-0.39, 0.29) is 17.7 Å². The van der Waals surface area contributed by atoms with Crippen LogP contribution in [0.1, 0.15) is 5.56 Å². The van der Waals surface area contributed by atoms with E-state index in [9.17, 15) is 13.2 Å². The van der Waals surface area contributed by atoms with Crippen LogP contribution in [0.15, 0.2) is 30.3 Å². The Bertz CT molecular complexity index is 576. The molecule has 18 heavy (non-hydrogen) atoms. The first-order chi connectivity index (χ1) is 8.52. The summed E-state index contributed by atoms with van der Waals surface area (Å²) in [5.41, 5.74) is 5.95. The van der Waals surface area contributed by atoms with Crippen LogP contribution in [-0.4, -0.2) is 0 Å². The minimum Gasteiger partial charge on any atom is -0.326 e. The third kappa shape index (κ3) is 2.35. The summed E-state index contributed by atoms with van der Waals surface area (Å²) >= 11 is 5.80. The molecule has 0 saturated carbocycles. The summed E-state index contributed by atoms with van der Waals surface area (Å²) in [6.07, 6.45) is 0. The van der Waals surface area contributed by atoms with Gasteiger partial charge in [-0.05, 0) is 23.3 Å². The third-order valence-electron chi connectivity index (χ3n) is 2.57. The van der Waals surface area contributed by atoms with Gasteiger partial charge in [-0.1, -0.05) is 17.7 Å². The second-order valence-electron chi connectivity index (χ2n) is 3.75. The fourth-order valence-corrected chi connectivity index (χ4v) is 1.93. The Kier molecular flexibility index (Phi) is 3.59. The predicted octanol–water partition coefficient (Wildman–Crippen LogP) is 3.88. The molecule has 0 aliphatic carbocycles. The summed E-state index contributed by atoms with van der Waals surface area (Å²) in [5.74, 6) is -2.93. The Morgan fingerprint density at radius 1 is 1.00 bits per heavy atom. The lowest BCUT2D eigenvalue weighted by molar-refractivity contribution is 0.548. The first-order valence-corrected chi connectivity index (χ1v) is 5.54. The molecular formula is C13H9ClF3N. The number of halogens is 4. The fourth-order valence-electron chi connectivity index (χ4n) is 1.76. The molecule has 0 atom stereocenters. The minimum atomic E-state index is -0.982. The Hall–Kier alpha value is -1.52. The van der Waals surface area contributed by atoms with Crippen molar-refractivity contribution in [2.75, 3.05) is 0 Å². The highest BCUT2D eigenvalue weighted by atomic mass is 35.5. The zero-order valence-electron chi connectivity index (χ0n) is 9.18. The maximum atomic E-state index is 13.7. The molecule has 0 saturated heterocycles. The average Bonchev–Trinajstić information content (AvgIpc) is 2.28. The summed E-state index contributed by atoms with van der Waals surface area (Å²) < 4.78 is 40.2. The number of rotatable bonds is 2. The minimum absolute atomic E-state index is 0.1000. The normalized spacial score (nSPS) is 10.7. The molecule has 0 aromatic heterocycles. The van der Waals surface area contributed by atoms with Gasteiger partial charge in [-0.3, -0.25) is 0 Å². The van der Waals surface area contributed by atoms with Crippen molar-refractivity contribution in [2.45, 2.75) is 6.54 Å². The Morgan fingerprint density at radius 3 is 2.17 bits per heavy atom. The topological polar surface area (TPSA) is 26.0 Å². The molecule has 0 aliphatic heterocycles. The van der Waals surface area contributed by atoms with Crippen LogP contribution in [0.3, 0.4) is 0 Å². The maximum Gasteiger partial charge on any atom is 0.136 e. The van der Waals surface area contributed by atoms with Crippen LogP contribution in [0.4, 0.5) is 13.2 Å². The first-order valence-electron chi connectivity index (χ1n) is 5.16. The molecule has 0 bridgehead atoms. The largest absolute Gasteiger partial charge is 0.326 e. The molecule has 2 N–H and O–H groups in total. The van der Waals surface area contributed by atoms with E-state index in [2.05, 4.69) is 0 Å². The van der Waals surface area contributed by atoms with Crippen LogP contribution in [-0.2, 0) is 6.54 Å².